The second kappa shape index (κ2) is 11.1. The normalized spacial score (nSPS) is 30.0. The Kier molecular flexibility index (Phi) is 9.17. The van der Waals surface area contributed by atoms with Gasteiger partial charge in [-0.2, -0.15) is 0 Å². The van der Waals surface area contributed by atoms with E-state index in [-0.39, 0.29) is 43.2 Å². The van der Waals surface area contributed by atoms with Crippen molar-refractivity contribution in [1.29, 1.82) is 0 Å². The van der Waals surface area contributed by atoms with Gasteiger partial charge in [0.1, 0.15) is 0 Å². The molecule has 1 aliphatic carbocycles. The van der Waals surface area contributed by atoms with E-state index in [9.17, 15) is 15.0 Å². The lowest BCUT2D eigenvalue weighted by molar-refractivity contribution is -0.143. The predicted octanol–water partition coefficient (Wildman–Crippen LogP) is 2.12. The highest BCUT2D eigenvalue weighted by Gasteiger charge is 2.47. The lowest BCUT2D eigenvalue weighted by Crippen LogP contribution is -2.32. The molecule has 6 nitrogen and oxygen atoms in total. The molecule has 0 aromatic heterocycles. The molecule has 2 N–H and O–H groups in total. The first-order valence-corrected chi connectivity index (χ1v) is 9.81. The molecule has 4 atom stereocenters. The Hall–Kier alpha value is -0.690. The van der Waals surface area contributed by atoms with Gasteiger partial charge in [-0.1, -0.05) is 19.3 Å². The van der Waals surface area contributed by atoms with Crippen molar-refractivity contribution >= 4 is 5.97 Å². The summed E-state index contributed by atoms with van der Waals surface area (Å²) in [6, 6.07) is 0. The Balaban J connectivity index is 1.75. The van der Waals surface area contributed by atoms with Crippen LogP contribution in [0.1, 0.15) is 51.9 Å². The summed E-state index contributed by atoms with van der Waals surface area (Å²) in [7, 11) is 0. The van der Waals surface area contributed by atoms with Crippen molar-refractivity contribution in [3.05, 3.63) is 0 Å². The van der Waals surface area contributed by atoms with Crippen LogP contribution in [0.2, 0.25) is 0 Å². The smallest absolute Gasteiger partial charge is 0.305 e. The van der Waals surface area contributed by atoms with E-state index in [0.717, 1.165) is 38.5 Å². The predicted molar refractivity (Wildman–Crippen MR) is 92.8 cm³/mol. The maximum atomic E-state index is 11.3. The monoisotopic (exact) mass is 358 g/mol. The number of rotatable bonds is 11. The van der Waals surface area contributed by atoms with Gasteiger partial charge in [0.25, 0.3) is 0 Å². The van der Waals surface area contributed by atoms with Crippen LogP contribution in [-0.4, -0.2) is 55.5 Å². The van der Waals surface area contributed by atoms with E-state index < -0.39 is 0 Å². The molecule has 0 radical (unpaired) electrons. The van der Waals surface area contributed by atoms with Crippen LogP contribution >= 0.6 is 0 Å². The zero-order valence-electron chi connectivity index (χ0n) is 15.4. The number of carbonyl (C=O) groups excluding carboxylic acids is 1. The Bertz CT molecular complexity index is 382. The molecule has 6 heteroatoms. The number of carbonyl (C=O) groups is 1. The van der Waals surface area contributed by atoms with Gasteiger partial charge in [0, 0.05) is 25.6 Å². The zero-order chi connectivity index (χ0) is 18.1. The Morgan fingerprint density at radius 2 is 1.72 bits per heavy atom. The van der Waals surface area contributed by atoms with E-state index in [1.807, 2.05) is 6.92 Å². The van der Waals surface area contributed by atoms with Gasteiger partial charge in [-0.15, -0.1) is 0 Å². The SMILES string of the molecule is CCOC(=O)CCCCCCC1C(CO)CC(CO)C1C1OCCO1. The highest BCUT2D eigenvalue weighted by atomic mass is 16.7. The summed E-state index contributed by atoms with van der Waals surface area (Å²) in [5.74, 6) is 0.753. The zero-order valence-corrected chi connectivity index (χ0v) is 15.4. The van der Waals surface area contributed by atoms with Crippen LogP contribution in [0, 0.1) is 23.7 Å². The fourth-order valence-electron chi connectivity index (χ4n) is 4.48. The molecule has 0 amide bonds. The molecule has 1 heterocycles. The van der Waals surface area contributed by atoms with Crippen molar-refractivity contribution in [2.24, 2.45) is 23.7 Å². The second-order valence-corrected chi connectivity index (χ2v) is 7.23. The highest BCUT2D eigenvalue weighted by molar-refractivity contribution is 5.69. The highest BCUT2D eigenvalue weighted by Crippen LogP contribution is 2.47. The Labute approximate surface area is 150 Å². The number of unbranched alkanes of at least 4 members (excludes halogenated alkanes) is 3. The van der Waals surface area contributed by atoms with Gasteiger partial charge in [0.15, 0.2) is 6.29 Å². The van der Waals surface area contributed by atoms with E-state index >= 15 is 0 Å². The van der Waals surface area contributed by atoms with Crippen molar-refractivity contribution in [3.8, 4) is 0 Å². The van der Waals surface area contributed by atoms with Crippen molar-refractivity contribution in [3.63, 3.8) is 0 Å². The quantitative estimate of drug-likeness (QED) is 0.435. The molecule has 1 saturated heterocycles. The third-order valence-electron chi connectivity index (χ3n) is 5.65. The molecule has 0 aromatic rings. The molecule has 2 aliphatic rings. The largest absolute Gasteiger partial charge is 0.466 e. The number of aliphatic hydroxyl groups is 2. The lowest BCUT2D eigenvalue weighted by atomic mass is 9.82. The van der Waals surface area contributed by atoms with Crippen LogP contribution in [0.5, 0.6) is 0 Å². The van der Waals surface area contributed by atoms with Crippen molar-refractivity contribution in [2.45, 2.75) is 58.2 Å². The van der Waals surface area contributed by atoms with Crippen molar-refractivity contribution in [1.82, 2.24) is 0 Å². The number of hydrogen-bond acceptors (Lipinski definition) is 6. The first-order valence-electron chi connectivity index (χ1n) is 9.81. The summed E-state index contributed by atoms with van der Waals surface area (Å²) >= 11 is 0. The molecule has 146 valence electrons. The summed E-state index contributed by atoms with van der Waals surface area (Å²) in [6.07, 6.45) is 6.12. The molecule has 0 bridgehead atoms. The van der Waals surface area contributed by atoms with Crippen LogP contribution in [0.4, 0.5) is 0 Å². The molecule has 0 aromatic carbocycles. The van der Waals surface area contributed by atoms with Crippen molar-refractivity contribution < 1.29 is 29.2 Å². The van der Waals surface area contributed by atoms with Gasteiger partial charge < -0.3 is 24.4 Å². The van der Waals surface area contributed by atoms with E-state index in [1.165, 1.54) is 0 Å². The first kappa shape index (κ1) is 20.6. The average Bonchev–Trinajstić information content (AvgIpc) is 3.25. The molecule has 2 rings (SSSR count). The van der Waals surface area contributed by atoms with Crippen LogP contribution < -0.4 is 0 Å². The van der Waals surface area contributed by atoms with Gasteiger partial charge in [-0.3, -0.25) is 4.79 Å². The maximum Gasteiger partial charge on any atom is 0.305 e. The number of esters is 1. The van der Waals surface area contributed by atoms with Gasteiger partial charge in [0.05, 0.1) is 19.8 Å². The summed E-state index contributed by atoms with van der Waals surface area (Å²) in [4.78, 5) is 11.3. The molecule has 1 aliphatic heterocycles. The van der Waals surface area contributed by atoms with E-state index in [0.29, 0.717) is 32.2 Å². The standard InChI is InChI=1S/C19H34O6/c1-2-23-17(22)8-6-4-3-5-7-16-14(12-20)11-15(13-21)18(16)19-24-9-10-25-19/h14-16,18-21H,2-13H2,1H3. The van der Waals surface area contributed by atoms with E-state index in [1.54, 1.807) is 0 Å². The molecule has 25 heavy (non-hydrogen) atoms. The Morgan fingerprint density at radius 1 is 1.04 bits per heavy atom. The Morgan fingerprint density at radius 3 is 2.36 bits per heavy atom. The summed E-state index contributed by atoms with van der Waals surface area (Å²) in [5, 5.41) is 19.5. The van der Waals surface area contributed by atoms with Crippen LogP contribution in [0.3, 0.4) is 0 Å². The fourth-order valence-corrected chi connectivity index (χ4v) is 4.48. The van der Waals surface area contributed by atoms with Gasteiger partial charge in [-0.05, 0) is 43.9 Å². The van der Waals surface area contributed by atoms with Crippen molar-refractivity contribution in [2.75, 3.05) is 33.0 Å². The molecular weight excluding hydrogens is 324 g/mol. The maximum absolute atomic E-state index is 11.3. The molecule has 4 unspecified atom stereocenters. The van der Waals surface area contributed by atoms with Gasteiger partial charge in [-0.25, -0.2) is 0 Å². The van der Waals surface area contributed by atoms with Crippen LogP contribution in [0.25, 0.3) is 0 Å². The second-order valence-electron chi connectivity index (χ2n) is 7.23. The summed E-state index contributed by atoms with van der Waals surface area (Å²) in [6.45, 7) is 3.79. The summed E-state index contributed by atoms with van der Waals surface area (Å²) in [5.41, 5.74) is 0. The number of ether oxygens (including phenoxy) is 3. The minimum Gasteiger partial charge on any atom is -0.466 e. The molecule has 0 spiro atoms. The lowest BCUT2D eigenvalue weighted by Gasteiger charge is -2.29. The average molecular weight is 358 g/mol. The third-order valence-corrected chi connectivity index (χ3v) is 5.65. The third kappa shape index (κ3) is 5.91. The minimum atomic E-state index is -0.234. The summed E-state index contributed by atoms with van der Waals surface area (Å²) < 4.78 is 16.4. The molecule has 1 saturated carbocycles. The fraction of sp³-hybridized carbons (Fsp3) is 0.947. The number of hydrogen-bond donors (Lipinski definition) is 2. The molecular formula is C19H34O6. The van der Waals surface area contributed by atoms with Crippen LogP contribution in [-0.2, 0) is 19.0 Å². The first-order chi connectivity index (χ1) is 12.2. The van der Waals surface area contributed by atoms with E-state index in [2.05, 4.69) is 0 Å². The van der Waals surface area contributed by atoms with Crippen LogP contribution in [0.15, 0.2) is 0 Å². The molecule has 2 fully saturated rings. The minimum absolute atomic E-state index is 0.111. The van der Waals surface area contributed by atoms with E-state index in [4.69, 9.17) is 14.2 Å². The van der Waals surface area contributed by atoms with Gasteiger partial charge >= 0.3 is 5.97 Å². The topological polar surface area (TPSA) is 85.2 Å². The van der Waals surface area contributed by atoms with Gasteiger partial charge in [0.2, 0.25) is 0 Å². The number of aliphatic hydroxyl groups excluding tert-OH is 2.